The lowest BCUT2D eigenvalue weighted by Gasteiger charge is -2.17. The van der Waals surface area contributed by atoms with E-state index in [9.17, 15) is 4.39 Å². The van der Waals surface area contributed by atoms with E-state index in [0.29, 0.717) is 29.1 Å². The van der Waals surface area contributed by atoms with Crippen molar-refractivity contribution in [1.82, 2.24) is 9.78 Å². The van der Waals surface area contributed by atoms with Gasteiger partial charge in [-0.3, -0.25) is 4.68 Å². The molecule has 1 aromatic heterocycles. The minimum Gasteiger partial charge on any atom is -0.493 e. The molecular formula is C14H18FN3O. The number of halogens is 1. The van der Waals surface area contributed by atoms with Crippen molar-refractivity contribution < 1.29 is 9.13 Å². The van der Waals surface area contributed by atoms with E-state index in [4.69, 9.17) is 10.5 Å². The third-order valence-corrected chi connectivity index (χ3v) is 3.22. The maximum atomic E-state index is 14.2. The third kappa shape index (κ3) is 2.33. The summed E-state index contributed by atoms with van der Waals surface area (Å²) in [5, 5.41) is 4.19. The van der Waals surface area contributed by atoms with Gasteiger partial charge in [-0.2, -0.15) is 5.10 Å². The molecule has 0 aliphatic rings. The molecule has 4 nitrogen and oxygen atoms in total. The summed E-state index contributed by atoms with van der Waals surface area (Å²) < 4.78 is 21.1. The van der Waals surface area contributed by atoms with Crippen LogP contribution in [-0.4, -0.2) is 16.9 Å². The van der Waals surface area contributed by atoms with Crippen molar-refractivity contribution >= 4 is 0 Å². The number of nitrogens with zero attached hydrogens (tertiary/aromatic N) is 2. The van der Waals surface area contributed by atoms with Crippen LogP contribution in [0.25, 0.3) is 0 Å². The molecule has 1 atom stereocenters. The Labute approximate surface area is 112 Å². The standard InChI is InChI=1S/C14H18FN3O/c1-4-18-14(11(19-3)8-17-18)13(16)10-7-5-6-9(2)12(10)15/h5-8,13H,4,16H2,1-3H3. The third-order valence-electron chi connectivity index (χ3n) is 3.22. The van der Waals surface area contributed by atoms with Gasteiger partial charge in [0.05, 0.1) is 19.3 Å². The summed E-state index contributed by atoms with van der Waals surface area (Å²) in [6, 6.07) is 4.61. The van der Waals surface area contributed by atoms with E-state index < -0.39 is 6.04 Å². The van der Waals surface area contributed by atoms with Crippen molar-refractivity contribution in [2.24, 2.45) is 5.73 Å². The minimum absolute atomic E-state index is 0.277. The van der Waals surface area contributed by atoms with Crippen LogP contribution in [0.2, 0.25) is 0 Å². The van der Waals surface area contributed by atoms with E-state index in [1.165, 1.54) is 0 Å². The van der Waals surface area contributed by atoms with Gasteiger partial charge in [0.1, 0.15) is 11.5 Å². The summed E-state index contributed by atoms with van der Waals surface area (Å²) >= 11 is 0. The van der Waals surface area contributed by atoms with Crippen molar-refractivity contribution in [3.05, 3.63) is 47.0 Å². The molecule has 19 heavy (non-hydrogen) atoms. The van der Waals surface area contributed by atoms with Crippen LogP contribution in [-0.2, 0) is 6.54 Å². The van der Waals surface area contributed by atoms with E-state index in [1.807, 2.05) is 6.92 Å². The highest BCUT2D eigenvalue weighted by atomic mass is 19.1. The molecule has 1 heterocycles. The minimum atomic E-state index is -0.600. The largest absolute Gasteiger partial charge is 0.493 e. The van der Waals surface area contributed by atoms with Gasteiger partial charge >= 0.3 is 0 Å². The van der Waals surface area contributed by atoms with Crippen molar-refractivity contribution in [1.29, 1.82) is 0 Å². The Morgan fingerprint density at radius 3 is 2.84 bits per heavy atom. The first-order valence-corrected chi connectivity index (χ1v) is 6.20. The summed E-state index contributed by atoms with van der Waals surface area (Å²) in [7, 11) is 1.56. The van der Waals surface area contributed by atoms with E-state index >= 15 is 0 Å². The van der Waals surface area contributed by atoms with Gasteiger partial charge in [0.15, 0.2) is 5.75 Å². The van der Waals surface area contributed by atoms with Crippen LogP contribution in [0.1, 0.15) is 29.8 Å². The van der Waals surface area contributed by atoms with E-state index in [0.717, 1.165) is 0 Å². The van der Waals surface area contributed by atoms with Crippen molar-refractivity contribution in [3.63, 3.8) is 0 Å². The summed E-state index contributed by atoms with van der Waals surface area (Å²) in [6.07, 6.45) is 1.60. The smallest absolute Gasteiger partial charge is 0.161 e. The highest BCUT2D eigenvalue weighted by Crippen LogP contribution is 2.30. The number of methoxy groups -OCH3 is 1. The summed E-state index contributed by atoms with van der Waals surface area (Å²) in [6.45, 7) is 4.33. The predicted octanol–water partition coefficient (Wildman–Crippen LogP) is 2.41. The molecule has 1 aromatic carbocycles. The van der Waals surface area contributed by atoms with Crippen molar-refractivity contribution in [2.75, 3.05) is 7.11 Å². The zero-order valence-corrected chi connectivity index (χ0v) is 11.4. The topological polar surface area (TPSA) is 53.1 Å². The SMILES string of the molecule is CCn1ncc(OC)c1C(N)c1cccc(C)c1F. The van der Waals surface area contributed by atoms with E-state index in [-0.39, 0.29) is 5.82 Å². The monoisotopic (exact) mass is 263 g/mol. The van der Waals surface area contributed by atoms with Gasteiger partial charge < -0.3 is 10.5 Å². The predicted molar refractivity (Wildman–Crippen MR) is 71.6 cm³/mol. The first-order chi connectivity index (χ1) is 9.10. The fraction of sp³-hybridized carbons (Fsp3) is 0.357. The molecule has 0 aliphatic carbocycles. The van der Waals surface area contributed by atoms with Gasteiger partial charge in [-0.15, -0.1) is 0 Å². The van der Waals surface area contributed by atoms with Crippen LogP contribution in [0.5, 0.6) is 5.75 Å². The average Bonchev–Trinajstić information content (AvgIpc) is 2.84. The molecular weight excluding hydrogens is 245 g/mol. The molecule has 0 saturated carbocycles. The Morgan fingerprint density at radius 1 is 1.47 bits per heavy atom. The maximum absolute atomic E-state index is 14.2. The fourth-order valence-corrected chi connectivity index (χ4v) is 2.16. The highest BCUT2D eigenvalue weighted by Gasteiger charge is 2.22. The molecule has 1 unspecified atom stereocenters. The van der Waals surface area contributed by atoms with Gasteiger partial charge in [0.25, 0.3) is 0 Å². The second-order valence-corrected chi connectivity index (χ2v) is 4.37. The van der Waals surface area contributed by atoms with Crippen LogP contribution in [0, 0.1) is 12.7 Å². The van der Waals surface area contributed by atoms with Gasteiger partial charge in [-0.1, -0.05) is 18.2 Å². The Balaban J connectivity index is 2.52. The Bertz CT molecular complexity index is 559. The average molecular weight is 263 g/mol. The number of nitrogens with two attached hydrogens (primary N) is 1. The molecule has 2 rings (SSSR count). The molecule has 0 aliphatic heterocycles. The van der Waals surface area contributed by atoms with Crippen LogP contribution < -0.4 is 10.5 Å². The lowest BCUT2D eigenvalue weighted by atomic mass is 10.0. The van der Waals surface area contributed by atoms with Crippen LogP contribution in [0.15, 0.2) is 24.4 Å². The van der Waals surface area contributed by atoms with Gasteiger partial charge in [-0.05, 0) is 19.4 Å². The second-order valence-electron chi connectivity index (χ2n) is 4.37. The second kappa shape index (κ2) is 5.40. The molecule has 2 N–H and O–H groups in total. The van der Waals surface area contributed by atoms with Gasteiger partial charge in [0.2, 0.25) is 0 Å². The fourth-order valence-electron chi connectivity index (χ4n) is 2.16. The zero-order chi connectivity index (χ0) is 14.0. The first-order valence-electron chi connectivity index (χ1n) is 6.20. The molecule has 0 spiro atoms. The van der Waals surface area contributed by atoms with Crippen LogP contribution in [0.3, 0.4) is 0 Å². The molecule has 2 aromatic rings. The number of rotatable bonds is 4. The normalized spacial score (nSPS) is 12.5. The lowest BCUT2D eigenvalue weighted by Crippen LogP contribution is -2.19. The maximum Gasteiger partial charge on any atom is 0.161 e. The summed E-state index contributed by atoms with van der Waals surface area (Å²) in [5.74, 6) is 0.302. The zero-order valence-electron chi connectivity index (χ0n) is 11.4. The van der Waals surface area contributed by atoms with Crippen molar-refractivity contribution in [2.45, 2.75) is 26.4 Å². The summed E-state index contributed by atoms with van der Waals surface area (Å²) in [5.41, 5.74) is 7.92. The molecule has 0 fully saturated rings. The lowest BCUT2D eigenvalue weighted by molar-refractivity contribution is 0.404. The molecule has 5 heteroatoms. The quantitative estimate of drug-likeness (QED) is 0.921. The molecule has 102 valence electrons. The molecule has 0 radical (unpaired) electrons. The molecule has 0 saturated heterocycles. The van der Waals surface area contributed by atoms with E-state index in [2.05, 4.69) is 5.10 Å². The number of hydrogen-bond donors (Lipinski definition) is 1. The number of benzene rings is 1. The van der Waals surface area contributed by atoms with E-state index in [1.54, 1.807) is 43.1 Å². The first kappa shape index (κ1) is 13.5. The highest BCUT2D eigenvalue weighted by molar-refractivity contribution is 5.38. The number of ether oxygens (including phenoxy) is 1. The molecule has 0 amide bonds. The Kier molecular flexibility index (Phi) is 3.85. The Morgan fingerprint density at radius 2 is 2.21 bits per heavy atom. The van der Waals surface area contributed by atoms with Crippen LogP contribution in [0.4, 0.5) is 4.39 Å². The number of aromatic nitrogens is 2. The van der Waals surface area contributed by atoms with Crippen molar-refractivity contribution in [3.8, 4) is 5.75 Å². The van der Waals surface area contributed by atoms with Gasteiger partial charge in [-0.25, -0.2) is 4.39 Å². The molecule has 0 bridgehead atoms. The van der Waals surface area contributed by atoms with Gasteiger partial charge in [0, 0.05) is 12.1 Å². The Hall–Kier alpha value is -1.88. The number of aryl methyl sites for hydroxylation is 2. The van der Waals surface area contributed by atoms with Crippen LogP contribution >= 0.6 is 0 Å². The number of hydrogen-bond acceptors (Lipinski definition) is 3. The summed E-state index contributed by atoms with van der Waals surface area (Å²) in [4.78, 5) is 0.